The molecule has 0 aliphatic rings. The minimum atomic E-state index is -0.379. The molecule has 0 fully saturated rings. The number of hydrogen-bond donors (Lipinski definition) is 0. The Morgan fingerprint density at radius 1 is 1.07 bits per heavy atom. The lowest BCUT2D eigenvalue weighted by Gasteiger charge is -2.25. The van der Waals surface area contributed by atoms with Gasteiger partial charge >= 0.3 is 0 Å². The van der Waals surface area contributed by atoms with Crippen molar-refractivity contribution in [3.05, 3.63) is 83.8 Å². The average Bonchev–Trinajstić information content (AvgIpc) is 3.38. The number of hydrogen-bond acceptors (Lipinski definition) is 4. The Balaban J connectivity index is 1.82. The number of nitrogens with zero attached hydrogens (tertiary/aromatic N) is 4. The molecular weight excluding hydrogens is 387 g/mol. The zero-order valence-corrected chi connectivity index (χ0v) is 16.8. The van der Waals surface area contributed by atoms with E-state index in [1.807, 2.05) is 61.7 Å². The number of rotatable bonds is 5. The summed E-state index contributed by atoms with van der Waals surface area (Å²) in [7, 11) is 0. The highest BCUT2D eigenvalue weighted by Gasteiger charge is 2.26. The number of benzene rings is 2. The van der Waals surface area contributed by atoms with Crippen molar-refractivity contribution in [2.75, 3.05) is 4.90 Å². The third-order valence-electron chi connectivity index (χ3n) is 4.36. The van der Waals surface area contributed by atoms with Crippen molar-refractivity contribution in [2.45, 2.75) is 19.9 Å². The van der Waals surface area contributed by atoms with Gasteiger partial charge in [-0.1, -0.05) is 30.3 Å². The van der Waals surface area contributed by atoms with Crippen LogP contribution in [0.3, 0.4) is 0 Å². The molecule has 0 aliphatic heterocycles. The highest BCUT2D eigenvalue weighted by molar-refractivity contribution is 7.13. The smallest absolute Gasteiger partial charge is 0.298 e. The Bertz CT molecular complexity index is 1120. The van der Waals surface area contributed by atoms with E-state index in [9.17, 15) is 9.18 Å². The largest absolute Gasteiger partial charge is 0.303 e. The van der Waals surface area contributed by atoms with Gasteiger partial charge in [-0.05, 0) is 55.6 Å². The fourth-order valence-electron chi connectivity index (χ4n) is 3.10. The van der Waals surface area contributed by atoms with E-state index in [-0.39, 0.29) is 23.6 Å². The van der Waals surface area contributed by atoms with Crippen molar-refractivity contribution in [1.82, 2.24) is 14.8 Å². The van der Waals surface area contributed by atoms with Gasteiger partial charge in [-0.15, -0.1) is 16.4 Å². The summed E-state index contributed by atoms with van der Waals surface area (Å²) < 4.78 is 15.3. The van der Waals surface area contributed by atoms with E-state index in [4.69, 9.17) is 0 Å². The number of anilines is 1. The molecule has 29 heavy (non-hydrogen) atoms. The quantitative estimate of drug-likeness (QED) is 0.458. The molecule has 5 nitrogen and oxygen atoms in total. The summed E-state index contributed by atoms with van der Waals surface area (Å²) in [4.78, 5) is 20.4. The first-order valence-corrected chi connectivity index (χ1v) is 10.1. The minimum absolute atomic E-state index is 0.0650. The molecule has 2 heterocycles. The van der Waals surface area contributed by atoms with Gasteiger partial charge < -0.3 is 4.90 Å². The standard InChI is InChI=1S/C22H19FN4OS/c1-15(2)26(17-9-4-3-5-10-17)22(28)20-24-21(19-12-7-13-29-19)27(25-20)18-11-6-8-16(23)14-18/h3-15H,1-2H3. The Kier molecular flexibility index (Phi) is 5.22. The van der Waals surface area contributed by atoms with Crippen molar-refractivity contribution in [3.8, 4) is 16.4 Å². The molecule has 0 unspecified atom stereocenters. The van der Waals surface area contributed by atoms with Crippen molar-refractivity contribution in [1.29, 1.82) is 0 Å². The van der Waals surface area contributed by atoms with Gasteiger partial charge in [0.15, 0.2) is 5.82 Å². The summed E-state index contributed by atoms with van der Waals surface area (Å²) in [6.45, 7) is 3.88. The maximum absolute atomic E-state index is 13.8. The van der Waals surface area contributed by atoms with Crippen molar-refractivity contribution in [3.63, 3.8) is 0 Å². The van der Waals surface area contributed by atoms with E-state index in [0.29, 0.717) is 11.5 Å². The molecule has 0 bridgehead atoms. The molecule has 7 heteroatoms. The fourth-order valence-corrected chi connectivity index (χ4v) is 3.80. The third kappa shape index (κ3) is 3.82. The van der Waals surface area contributed by atoms with Crippen LogP contribution in [0.5, 0.6) is 0 Å². The van der Waals surface area contributed by atoms with Crippen LogP contribution in [-0.4, -0.2) is 26.7 Å². The van der Waals surface area contributed by atoms with E-state index >= 15 is 0 Å². The second-order valence-corrected chi connectivity index (χ2v) is 7.68. The summed E-state index contributed by atoms with van der Waals surface area (Å²) in [6.07, 6.45) is 0. The van der Waals surface area contributed by atoms with E-state index in [1.165, 1.54) is 28.2 Å². The Morgan fingerprint density at radius 2 is 1.86 bits per heavy atom. The lowest BCUT2D eigenvalue weighted by molar-refractivity contribution is 0.0970. The van der Waals surface area contributed by atoms with Crippen LogP contribution in [0.2, 0.25) is 0 Å². The van der Waals surface area contributed by atoms with Crippen molar-refractivity contribution < 1.29 is 9.18 Å². The van der Waals surface area contributed by atoms with Crippen LogP contribution in [0.25, 0.3) is 16.4 Å². The van der Waals surface area contributed by atoms with Crippen LogP contribution in [-0.2, 0) is 0 Å². The topological polar surface area (TPSA) is 51.0 Å². The first-order valence-electron chi connectivity index (χ1n) is 9.20. The molecule has 146 valence electrons. The summed E-state index contributed by atoms with van der Waals surface area (Å²) in [6, 6.07) is 19.2. The summed E-state index contributed by atoms with van der Waals surface area (Å²) in [5, 5.41) is 6.38. The van der Waals surface area contributed by atoms with Crippen LogP contribution in [0.15, 0.2) is 72.1 Å². The van der Waals surface area contributed by atoms with Gasteiger partial charge in [-0.2, -0.15) is 0 Å². The number of carbonyl (C=O) groups excluding carboxylic acids is 1. The monoisotopic (exact) mass is 406 g/mol. The van der Waals surface area contributed by atoms with Crippen molar-refractivity contribution in [2.24, 2.45) is 0 Å². The minimum Gasteiger partial charge on any atom is -0.303 e. The zero-order valence-electron chi connectivity index (χ0n) is 16.0. The summed E-state index contributed by atoms with van der Waals surface area (Å²) in [5.41, 5.74) is 1.28. The Labute approximate surface area is 172 Å². The lowest BCUT2D eigenvalue weighted by Crippen LogP contribution is -2.37. The van der Waals surface area contributed by atoms with E-state index in [2.05, 4.69) is 10.1 Å². The Morgan fingerprint density at radius 3 is 2.52 bits per heavy atom. The predicted octanol–water partition coefficient (Wildman–Crippen LogP) is 5.19. The SMILES string of the molecule is CC(C)N(C(=O)c1nc(-c2cccs2)n(-c2cccc(F)c2)n1)c1ccccc1. The van der Waals surface area contributed by atoms with Crippen LogP contribution < -0.4 is 4.90 Å². The van der Waals surface area contributed by atoms with Crippen LogP contribution >= 0.6 is 11.3 Å². The fraction of sp³-hybridized carbons (Fsp3) is 0.136. The molecule has 2 aromatic carbocycles. The molecule has 4 rings (SSSR count). The second-order valence-electron chi connectivity index (χ2n) is 6.73. The molecule has 0 aliphatic carbocycles. The van der Waals surface area contributed by atoms with Gasteiger partial charge in [0.05, 0.1) is 10.6 Å². The van der Waals surface area contributed by atoms with Crippen LogP contribution in [0, 0.1) is 5.82 Å². The van der Waals surface area contributed by atoms with Gasteiger partial charge in [-0.25, -0.2) is 14.1 Å². The average molecular weight is 406 g/mol. The summed E-state index contributed by atoms with van der Waals surface area (Å²) in [5.74, 6) is -0.115. The van der Waals surface area contributed by atoms with E-state index in [0.717, 1.165) is 10.6 Å². The molecule has 0 N–H and O–H groups in total. The van der Waals surface area contributed by atoms with Gasteiger partial charge in [-0.3, -0.25) is 4.79 Å². The normalized spacial score (nSPS) is 11.0. The molecule has 0 radical (unpaired) electrons. The van der Waals surface area contributed by atoms with Gasteiger partial charge in [0.25, 0.3) is 5.91 Å². The first-order chi connectivity index (χ1) is 14.0. The second kappa shape index (κ2) is 7.97. The maximum atomic E-state index is 13.8. The molecular formula is C22H19FN4OS. The van der Waals surface area contributed by atoms with E-state index in [1.54, 1.807) is 17.0 Å². The van der Waals surface area contributed by atoms with E-state index < -0.39 is 0 Å². The molecule has 4 aromatic rings. The number of halogens is 1. The van der Waals surface area contributed by atoms with Crippen LogP contribution in [0.4, 0.5) is 10.1 Å². The van der Waals surface area contributed by atoms with Gasteiger partial charge in [0.2, 0.25) is 5.82 Å². The maximum Gasteiger partial charge on any atom is 0.298 e. The highest BCUT2D eigenvalue weighted by atomic mass is 32.1. The zero-order chi connectivity index (χ0) is 20.4. The van der Waals surface area contributed by atoms with Crippen molar-refractivity contribution >= 4 is 22.9 Å². The van der Waals surface area contributed by atoms with Crippen LogP contribution in [0.1, 0.15) is 24.5 Å². The molecule has 1 amide bonds. The third-order valence-corrected chi connectivity index (χ3v) is 5.23. The number of amides is 1. The number of para-hydroxylation sites is 1. The number of thiophene rings is 1. The molecule has 0 spiro atoms. The predicted molar refractivity (Wildman–Crippen MR) is 113 cm³/mol. The first kappa shape index (κ1) is 19.0. The summed E-state index contributed by atoms with van der Waals surface area (Å²) >= 11 is 1.48. The molecule has 0 saturated carbocycles. The molecule has 0 atom stereocenters. The van der Waals surface area contributed by atoms with Gasteiger partial charge in [0.1, 0.15) is 5.82 Å². The number of aromatic nitrogens is 3. The Hall–Kier alpha value is -3.32. The highest BCUT2D eigenvalue weighted by Crippen LogP contribution is 2.27. The molecule has 2 aromatic heterocycles. The lowest BCUT2D eigenvalue weighted by atomic mass is 10.2. The van der Waals surface area contributed by atoms with Gasteiger partial charge in [0, 0.05) is 11.7 Å². The number of carbonyl (C=O) groups is 1. The molecule has 0 saturated heterocycles.